The molecule has 0 bridgehead atoms. The summed E-state index contributed by atoms with van der Waals surface area (Å²) in [5.74, 6) is -1.16. The third-order valence-electron chi connectivity index (χ3n) is 5.39. The van der Waals surface area contributed by atoms with Crippen LogP contribution in [0.1, 0.15) is 56.3 Å². The van der Waals surface area contributed by atoms with Gasteiger partial charge >= 0.3 is 0 Å². The van der Waals surface area contributed by atoms with Gasteiger partial charge in [0.1, 0.15) is 11.6 Å². The van der Waals surface area contributed by atoms with Crippen molar-refractivity contribution in [2.75, 3.05) is 12.0 Å². The number of pyridine rings is 1. The summed E-state index contributed by atoms with van der Waals surface area (Å²) in [7, 11) is 0. The molecule has 0 unspecified atom stereocenters. The number of hydrogen-bond acceptors (Lipinski definition) is 8. The maximum atomic E-state index is 13.1. The summed E-state index contributed by atoms with van der Waals surface area (Å²) in [5.41, 5.74) is 2.97. The molecular weight excluding hydrogens is 422 g/mol. The van der Waals surface area contributed by atoms with Crippen LogP contribution >= 0.6 is 0 Å². The van der Waals surface area contributed by atoms with Gasteiger partial charge in [0, 0.05) is 28.8 Å². The molecule has 33 heavy (non-hydrogen) atoms. The predicted molar refractivity (Wildman–Crippen MR) is 120 cm³/mol. The molecule has 0 radical (unpaired) electrons. The monoisotopic (exact) mass is 441 g/mol. The Morgan fingerprint density at radius 2 is 1.67 bits per heavy atom. The van der Waals surface area contributed by atoms with Gasteiger partial charge in [-0.05, 0) is 19.4 Å². The first-order chi connectivity index (χ1) is 15.9. The number of azo groups is 1. The van der Waals surface area contributed by atoms with Crippen molar-refractivity contribution in [3.63, 3.8) is 0 Å². The van der Waals surface area contributed by atoms with Crippen molar-refractivity contribution < 1.29 is 14.7 Å². The average molecular weight is 441 g/mol. The van der Waals surface area contributed by atoms with E-state index in [0.717, 1.165) is 4.68 Å². The van der Waals surface area contributed by atoms with Gasteiger partial charge in [-0.3, -0.25) is 14.4 Å². The van der Waals surface area contributed by atoms with E-state index in [1.165, 1.54) is 13.0 Å². The minimum absolute atomic E-state index is 0.0951. The van der Waals surface area contributed by atoms with E-state index >= 15 is 0 Å². The Hall–Kier alpha value is -4.58. The van der Waals surface area contributed by atoms with Gasteiger partial charge in [0.25, 0.3) is 5.56 Å². The Bertz CT molecular complexity index is 1450. The standard InChI is InChI=1S/C24H19N5O4/c1-3-11-26-29-23(32)17(12-25)13(2)20(24(29)33)28-27-18-10-6-9-16-19(18)22(31)15-8-5-4-7-14(15)21(16)30/h4-10,26,33H,3,11H2,1-2H3/b28-27+. The molecule has 9 heteroatoms. The molecule has 2 aromatic carbocycles. The van der Waals surface area contributed by atoms with Crippen molar-refractivity contribution in [1.29, 1.82) is 5.26 Å². The fourth-order valence-corrected chi connectivity index (χ4v) is 3.70. The highest BCUT2D eigenvalue weighted by atomic mass is 16.3. The fourth-order valence-electron chi connectivity index (χ4n) is 3.70. The number of rotatable bonds is 5. The molecule has 3 aromatic rings. The molecule has 1 aliphatic carbocycles. The minimum Gasteiger partial charge on any atom is -0.492 e. The summed E-state index contributed by atoms with van der Waals surface area (Å²) in [5, 5.41) is 28.3. The van der Waals surface area contributed by atoms with Crippen molar-refractivity contribution in [2.24, 2.45) is 10.2 Å². The van der Waals surface area contributed by atoms with Crippen LogP contribution in [0.15, 0.2) is 57.5 Å². The van der Waals surface area contributed by atoms with Crippen LogP contribution in [0.3, 0.4) is 0 Å². The van der Waals surface area contributed by atoms with Crippen LogP contribution in [0.2, 0.25) is 0 Å². The average Bonchev–Trinajstić information content (AvgIpc) is 2.82. The summed E-state index contributed by atoms with van der Waals surface area (Å²) >= 11 is 0. The Labute approximate surface area is 188 Å². The maximum absolute atomic E-state index is 13.1. The number of nitrogens with one attached hydrogen (secondary N) is 1. The highest BCUT2D eigenvalue weighted by Gasteiger charge is 2.31. The zero-order chi connectivity index (χ0) is 23.7. The predicted octanol–water partition coefficient (Wildman–Crippen LogP) is 3.88. The van der Waals surface area contributed by atoms with E-state index in [1.807, 2.05) is 13.0 Å². The van der Waals surface area contributed by atoms with Crippen LogP contribution < -0.4 is 11.0 Å². The Morgan fingerprint density at radius 1 is 1.00 bits per heavy atom. The second-order valence-electron chi connectivity index (χ2n) is 7.44. The quantitative estimate of drug-likeness (QED) is 0.451. The number of nitriles is 1. The van der Waals surface area contributed by atoms with Crippen LogP contribution in [0.5, 0.6) is 5.88 Å². The highest BCUT2D eigenvalue weighted by molar-refractivity contribution is 6.29. The van der Waals surface area contributed by atoms with Crippen molar-refractivity contribution in [3.05, 3.63) is 86.2 Å². The lowest BCUT2D eigenvalue weighted by atomic mass is 9.83. The Morgan fingerprint density at radius 3 is 2.33 bits per heavy atom. The van der Waals surface area contributed by atoms with E-state index in [9.17, 15) is 24.8 Å². The van der Waals surface area contributed by atoms with Crippen LogP contribution in [0.25, 0.3) is 0 Å². The van der Waals surface area contributed by atoms with E-state index in [2.05, 4.69) is 15.7 Å². The number of ketones is 2. The number of carbonyl (C=O) groups excluding carboxylic acids is 2. The maximum Gasteiger partial charge on any atom is 0.290 e. The summed E-state index contributed by atoms with van der Waals surface area (Å²) in [4.78, 5) is 38.6. The zero-order valence-electron chi connectivity index (χ0n) is 17.9. The Kier molecular flexibility index (Phi) is 5.58. The number of nitrogens with zero attached hydrogens (tertiary/aromatic N) is 4. The highest BCUT2D eigenvalue weighted by Crippen LogP contribution is 2.36. The van der Waals surface area contributed by atoms with Crippen molar-refractivity contribution in [2.45, 2.75) is 20.3 Å². The van der Waals surface area contributed by atoms with Crippen LogP contribution in [-0.2, 0) is 0 Å². The molecule has 2 N–H and O–H groups in total. The van der Waals surface area contributed by atoms with Gasteiger partial charge in [-0.1, -0.05) is 43.3 Å². The molecule has 164 valence electrons. The topological polar surface area (TPSA) is 137 Å². The Balaban J connectivity index is 1.86. The van der Waals surface area contributed by atoms with Crippen LogP contribution in [-0.4, -0.2) is 27.9 Å². The van der Waals surface area contributed by atoms with Gasteiger partial charge in [-0.2, -0.15) is 9.94 Å². The molecule has 1 aliphatic rings. The van der Waals surface area contributed by atoms with Gasteiger partial charge in [-0.25, -0.2) is 0 Å². The number of hydrogen-bond donors (Lipinski definition) is 2. The van der Waals surface area contributed by atoms with Crippen LogP contribution in [0, 0.1) is 18.3 Å². The molecule has 0 amide bonds. The molecule has 0 aliphatic heterocycles. The molecule has 0 atom stereocenters. The first-order valence-corrected chi connectivity index (χ1v) is 10.3. The van der Waals surface area contributed by atoms with Gasteiger partial charge in [-0.15, -0.1) is 10.2 Å². The van der Waals surface area contributed by atoms with Crippen molar-refractivity contribution in [1.82, 2.24) is 4.68 Å². The van der Waals surface area contributed by atoms with E-state index < -0.39 is 11.4 Å². The molecule has 0 spiro atoms. The van der Waals surface area contributed by atoms with E-state index in [4.69, 9.17) is 0 Å². The number of aromatic nitrogens is 1. The number of aromatic hydroxyl groups is 1. The first-order valence-electron chi connectivity index (χ1n) is 10.3. The molecule has 4 rings (SSSR count). The lowest BCUT2D eigenvalue weighted by Gasteiger charge is -2.18. The normalized spacial score (nSPS) is 12.4. The second kappa shape index (κ2) is 8.51. The second-order valence-corrected chi connectivity index (χ2v) is 7.44. The lowest BCUT2D eigenvalue weighted by Crippen LogP contribution is -2.31. The van der Waals surface area contributed by atoms with Gasteiger partial charge in [0.2, 0.25) is 5.88 Å². The zero-order valence-corrected chi connectivity index (χ0v) is 17.9. The summed E-state index contributed by atoms with van der Waals surface area (Å²) in [6.07, 6.45) is 0.673. The van der Waals surface area contributed by atoms with E-state index in [-0.39, 0.29) is 50.8 Å². The molecule has 1 aromatic heterocycles. The molecule has 1 heterocycles. The van der Waals surface area contributed by atoms with E-state index in [1.54, 1.807) is 36.4 Å². The molecule has 0 saturated carbocycles. The molecular formula is C24H19N5O4. The van der Waals surface area contributed by atoms with Gasteiger partial charge in [0.15, 0.2) is 17.3 Å². The van der Waals surface area contributed by atoms with Crippen molar-refractivity contribution in [3.8, 4) is 11.9 Å². The SMILES string of the molecule is CCCNn1c(O)c(/N=N/c2cccc3c2C(=O)c2ccccc2C3=O)c(C)c(C#N)c1=O. The summed E-state index contributed by atoms with van der Waals surface area (Å²) < 4.78 is 0.856. The number of benzene rings is 2. The molecule has 0 saturated heterocycles. The van der Waals surface area contributed by atoms with Crippen LogP contribution in [0.4, 0.5) is 11.4 Å². The molecule has 0 fully saturated rings. The van der Waals surface area contributed by atoms with Gasteiger partial charge < -0.3 is 10.5 Å². The third kappa shape index (κ3) is 3.47. The fraction of sp³-hybridized carbons (Fsp3) is 0.167. The van der Waals surface area contributed by atoms with E-state index in [0.29, 0.717) is 18.5 Å². The largest absolute Gasteiger partial charge is 0.492 e. The lowest BCUT2D eigenvalue weighted by molar-refractivity contribution is 0.0979. The molecule has 9 nitrogen and oxygen atoms in total. The minimum atomic E-state index is -0.700. The smallest absolute Gasteiger partial charge is 0.290 e. The van der Waals surface area contributed by atoms with Crippen molar-refractivity contribution >= 4 is 22.9 Å². The first kappa shape index (κ1) is 21.6. The summed E-state index contributed by atoms with van der Waals surface area (Å²) in [6, 6.07) is 13.1. The number of carbonyl (C=O) groups is 2. The number of fused-ring (bicyclic) bond motifs is 2. The third-order valence-corrected chi connectivity index (χ3v) is 5.39. The van der Waals surface area contributed by atoms with Gasteiger partial charge in [0.05, 0.1) is 11.3 Å². The summed E-state index contributed by atoms with van der Waals surface area (Å²) in [6.45, 7) is 3.73.